The van der Waals surface area contributed by atoms with Gasteiger partial charge in [0.1, 0.15) is 5.82 Å². The second-order valence-electron chi connectivity index (χ2n) is 3.15. The number of rotatable bonds is 4. The third kappa shape index (κ3) is 3.43. The number of halogens is 1. The van der Waals surface area contributed by atoms with Crippen molar-refractivity contribution < 1.29 is 14.3 Å². The molecule has 0 saturated carbocycles. The lowest BCUT2D eigenvalue weighted by Gasteiger charge is -2.12. The zero-order valence-corrected chi connectivity index (χ0v) is 7.83. The summed E-state index contributed by atoms with van der Waals surface area (Å²) in [5, 5.41) is 11.5. The molecule has 14 heavy (non-hydrogen) atoms. The van der Waals surface area contributed by atoms with E-state index in [1.54, 1.807) is 19.1 Å². The second-order valence-corrected chi connectivity index (χ2v) is 3.15. The molecule has 1 atom stereocenters. The van der Waals surface area contributed by atoms with Crippen molar-refractivity contribution in [1.82, 2.24) is 0 Å². The van der Waals surface area contributed by atoms with Gasteiger partial charge in [-0.1, -0.05) is 0 Å². The maximum absolute atomic E-state index is 12.5. The van der Waals surface area contributed by atoms with E-state index in [1.165, 1.54) is 12.1 Å². The lowest BCUT2D eigenvalue weighted by atomic mass is 10.2. The molecule has 2 N–H and O–H groups in total. The first-order valence-corrected chi connectivity index (χ1v) is 4.32. The third-order valence-electron chi connectivity index (χ3n) is 1.74. The summed E-state index contributed by atoms with van der Waals surface area (Å²) in [5.41, 5.74) is 0.722. The van der Waals surface area contributed by atoms with Gasteiger partial charge in [0.2, 0.25) is 0 Å². The molecule has 0 aromatic heterocycles. The minimum Gasteiger partial charge on any atom is -0.481 e. The predicted octanol–water partition coefficient (Wildman–Crippen LogP) is 2.10. The molecule has 4 heteroatoms. The average Bonchev–Trinajstić information content (AvgIpc) is 2.07. The molecule has 0 spiro atoms. The van der Waals surface area contributed by atoms with E-state index in [4.69, 9.17) is 5.11 Å². The number of carboxylic acid groups (broad SMARTS) is 1. The number of hydrogen-bond donors (Lipinski definition) is 2. The molecule has 0 amide bonds. The van der Waals surface area contributed by atoms with Crippen LogP contribution in [0.15, 0.2) is 24.3 Å². The molecule has 1 aromatic rings. The smallest absolute Gasteiger partial charge is 0.305 e. The van der Waals surface area contributed by atoms with Gasteiger partial charge in [0.25, 0.3) is 0 Å². The van der Waals surface area contributed by atoms with Gasteiger partial charge in [0.15, 0.2) is 0 Å². The summed E-state index contributed by atoms with van der Waals surface area (Å²) >= 11 is 0. The molecular weight excluding hydrogens is 185 g/mol. The van der Waals surface area contributed by atoms with Gasteiger partial charge in [-0.05, 0) is 31.2 Å². The van der Waals surface area contributed by atoms with Crippen LogP contribution in [0.5, 0.6) is 0 Å². The van der Waals surface area contributed by atoms with Gasteiger partial charge in [0, 0.05) is 11.7 Å². The molecule has 0 saturated heterocycles. The average molecular weight is 197 g/mol. The maximum Gasteiger partial charge on any atom is 0.305 e. The highest BCUT2D eigenvalue weighted by atomic mass is 19.1. The van der Waals surface area contributed by atoms with E-state index in [2.05, 4.69) is 5.32 Å². The molecular formula is C10H12FNO2. The molecule has 0 bridgehead atoms. The number of aliphatic carboxylic acids is 1. The number of hydrogen-bond acceptors (Lipinski definition) is 2. The Kier molecular flexibility index (Phi) is 3.45. The number of benzene rings is 1. The van der Waals surface area contributed by atoms with E-state index >= 15 is 0 Å². The standard InChI is InChI=1S/C10H12FNO2/c1-7(6-10(13)14)12-9-4-2-8(11)3-5-9/h2-5,7,12H,6H2,1H3,(H,13,14)/t7-/m0/s1. The molecule has 0 unspecified atom stereocenters. The Bertz CT molecular complexity index is 310. The molecule has 0 radical (unpaired) electrons. The molecule has 0 aliphatic rings. The topological polar surface area (TPSA) is 49.3 Å². The monoisotopic (exact) mass is 197 g/mol. The van der Waals surface area contributed by atoms with E-state index in [1.807, 2.05) is 0 Å². The van der Waals surface area contributed by atoms with Gasteiger partial charge in [0.05, 0.1) is 6.42 Å². The van der Waals surface area contributed by atoms with Crippen LogP contribution in [-0.4, -0.2) is 17.1 Å². The van der Waals surface area contributed by atoms with Crippen LogP contribution in [-0.2, 0) is 4.79 Å². The van der Waals surface area contributed by atoms with Crippen molar-refractivity contribution >= 4 is 11.7 Å². The molecule has 3 nitrogen and oxygen atoms in total. The second kappa shape index (κ2) is 4.60. The van der Waals surface area contributed by atoms with Gasteiger partial charge in [-0.15, -0.1) is 0 Å². The Morgan fingerprint density at radius 1 is 1.50 bits per heavy atom. The zero-order valence-electron chi connectivity index (χ0n) is 7.83. The van der Waals surface area contributed by atoms with Crippen LogP contribution in [0.4, 0.5) is 10.1 Å². The first-order chi connectivity index (χ1) is 6.58. The summed E-state index contributed by atoms with van der Waals surface area (Å²) in [6.07, 6.45) is 0.0391. The SMILES string of the molecule is C[C@@H](CC(=O)O)Nc1ccc(F)cc1. The van der Waals surface area contributed by atoms with Crippen LogP contribution in [0, 0.1) is 5.82 Å². The van der Waals surface area contributed by atoms with E-state index in [0.29, 0.717) is 0 Å². The normalized spacial score (nSPS) is 12.1. The van der Waals surface area contributed by atoms with Gasteiger partial charge in [-0.25, -0.2) is 4.39 Å². The number of carbonyl (C=O) groups is 1. The van der Waals surface area contributed by atoms with Crippen LogP contribution in [0.3, 0.4) is 0 Å². The fraction of sp³-hybridized carbons (Fsp3) is 0.300. The van der Waals surface area contributed by atoms with Gasteiger partial charge in [-0.2, -0.15) is 0 Å². The van der Waals surface area contributed by atoms with Crippen molar-refractivity contribution in [3.63, 3.8) is 0 Å². The van der Waals surface area contributed by atoms with Crippen molar-refractivity contribution in [2.24, 2.45) is 0 Å². The van der Waals surface area contributed by atoms with E-state index in [9.17, 15) is 9.18 Å². The van der Waals surface area contributed by atoms with Crippen LogP contribution >= 0.6 is 0 Å². The van der Waals surface area contributed by atoms with Crippen molar-refractivity contribution in [1.29, 1.82) is 0 Å². The summed E-state index contributed by atoms with van der Waals surface area (Å²) in [6.45, 7) is 1.76. The minimum atomic E-state index is -0.855. The highest BCUT2D eigenvalue weighted by Crippen LogP contribution is 2.10. The lowest BCUT2D eigenvalue weighted by Crippen LogP contribution is -2.19. The Morgan fingerprint density at radius 2 is 2.07 bits per heavy atom. The summed E-state index contributed by atoms with van der Waals surface area (Å²) < 4.78 is 12.5. The molecule has 0 aliphatic heterocycles. The predicted molar refractivity (Wildman–Crippen MR) is 51.7 cm³/mol. The zero-order chi connectivity index (χ0) is 10.6. The molecule has 0 fully saturated rings. The molecule has 0 aliphatic carbocycles. The molecule has 0 heterocycles. The fourth-order valence-corrected chi connectivity index (χ4v) is 1.14. The van der Waals surface area contributed by atoms with Crippen molar-refractivity contribution in [2.75, 3.05) is 5.32 Å². The summed E-state index contributed by atoms with van der Waals surface area (Å²) in [4.78, 5) is 10.4. The van der Waals surface area contributed by atoms with Gasteiger partial charge >= 0.3 is 5.97 Å². The van der Waals surface area contributed by atoms with Crippen molar-refractivity contribution in [3.05, 3.63) is 30.1 Å². The quantitative estimate of drug-likeness (QED) is 0.777. The van der Waals surface area contributed by atoms with E-state index < -0.39 is 5.97 Å². The Morgan fingerprint density at radius 3 is 2.57 bits per heavy atom. The molecule has 76 valence electrons. The Hall–Kier alpha value is -1.58. The highest BCUT2D eigenvalue weighted by Gasteiger charge is 2.06. The van der Waals surface area contributed by atoms with Crippen LogP contribution < -0.4 is 5.32 Å². The fourth-order valence-electron chi connectivity index (χ4n) is 1.14. The summed E-state index contributed by atoms with van der Waals surface area (Å²) in [7, 11) is 0. The summed E-state index contributed by atoms with van der Waals surface area (Å²) in [6, 6.07) is 5.64. The lowest BCUT2D eigenvalue weighted by molar-refractivity contribution is -0.137. The minimum absolute atomic E-state index is 0.0391. The maximum atomic E-state index is 12.5. The Labute approximate surface area is 81.6 Å². The first-order valence-electron chi connectivity index (χ1n) is 4.32. The number of carboxylic acids is 1. The van der Waals surface area contributed by atoms with Gasteiger partial charge < -0.3 is 10.4 Å². The Balaban J connectivity index is 2.51. The van der Waals surface area contributed by atoms with Crippen LogP contribution in [0.25, 0.3) is 0 Å². The van der Waals surface area contributed by atoms with Crippen molar-refractivity contribution in [2.45, 2.75) is 19.4 Å². The van der Waals surface area contributed by atoms with Crippen LogP contribution in [0.2, 0.25) is 0 Å². The largest absolute Gasteiger partial charge is 0.481 e. The van der Waals surface area contributed by atoms with E-state index in [0.717, 1.165) is 5.69 Å². The number of nitrogens with one attached hydrogen (secondary N) is 1. The third-order valence-corrected chi connectivity index (χ3v) is 1.74. The highest BCUT2D eigenvalue weighted by molar-refractivity contribution is 5.68. The van der Waals surface area contributed by atoms with Crippen molar-refractivity contribution in [3.8, 4) is 0 Å². The first kappa shape index (κ1) is 10.5. The number of anilines is 1. The molecule has 1 aromatic carbocycles. The summed E-state index contributed by atoms with van der Waals surface area (Å²) in [5.74, 6) is -1.16. The van der Waals surface area contributed by atoms with Gasteiger partial charge in [-0.3, -0.25) is 4.79 Å². The molecule has 1 rings (SSSR count). The van der Waals surface area contributed by atoms with Crippen LogP contribution in [0.1, 0.15) is 13.3 Å². The van der Waals surface area contributed by atoms with E-state index in [-0.39, 0.29) is 18.3 Å².